The van der Waals surface area contributed by atoms with E-state index in [1.807, 2.05) is 0 Å². The number of aromatic nitrogens is 1. The minimum Gasteiger partial charge on any atom is -0.353 e. The predicted octanol–water partition coefficient (Wildman–Crippen LogP) is 3.08. The average Bonchev–Trinajstić information content (AvgIpc) is 2.84. The maximum atomic E-state index is 12.6. The molecule has 1 fully saturated rings. The molecule has 0 saturated carbocycles. The first-order valence-electron chi connectivity index (χ1n) is 7.05. The van der Waals surface area contributed by atoms with Crippen LogP contribution in [0, 0.1) is 5.92 Å². The zero-order valence-electron chi connectivity index (χ0n) is 12.1. The van der Waals surface area contributed by atoms with Gasteiger partial charge >= 0.3 is 0 Å². The Morgan fingerprint density at radius 2 is 2.32 bits per heavy atom. The van der Waals surface area contributed by atoms with Crippen molar-refractivity contribution < 1.29 is 4.79 Å². The van der Waals surface area contributed by atoms with E-state index in [1.54, 1.807) is 11.8 Å². The van der Waals surface area contributed by atoms with E-state index in [0.717, 1.165) is 25.1 Å². The van der Waals surface area contributed by atoms with E-state index in [-0.39, 0.29) is 12.0 Å². The van der Waals surface area contributed by atoms with Gasteiger partial charge in [0, 0.05) is 37.2 Å². The highest BCUT2D eigenvalue weighted by Crippen LogP contribution is 2.32. The Hall–Kier alpha value is -0.900. The number of carbonyl (C=O) groups excluding carboxylic acids is 1. The molecule has 2 unspecified atom stereocenters. The van der Waals surface area contributed by atoms with E-state index in [9.17, 15) is 4.79 Å². The van der Waals surface area contributed by atoms with E-state index in [4.69, 9.17) is 0 Å². The highest BCUT2D eigenvalue weighted by molar-refractivity contribution is 7.98. The Bertz CT molecular complexity index is 430. The Morgan fingerprint density at radius 3 is 2.95 bits per heavy atom. The van der Waals surface area contributed by atoms with Gasteiger partial charge in [0.2, 0.25) is 5.91 Å². The summed E-state index contributed by atoms with van der Waals surface area (Å²) in [5.41, 5.74) is 1.27. The van der Waals surface area contributed by atoms with Gasteiger partial charge in [0.1, 0.15) is 0 Å². The number of hydrogen-bond acceptors (Lipinski definition) is 2. The van der Waals surface area contributed by atoms with E-state index in [1.165, 1.54) is 12.1 Å². The third-order valence-electron chi connectivity index (χ3n) is 3.95. The van der Waals surface area contributed by atoms with Gasteiger partial charge in [-0.05, 0) is 37.7 Å². The number of nitrogens with zero attached hydrogens (tertiary/aromatic N) is 2. The summed E-state index contributed by atoms with van der Waals surface area (Å²) in [6.45, 7) is 2.96. The number of aryl methyl sites for hydroxylation is 1. The minimum absolute atomic E-state index is 0.121. The molecule has 0 radical (unpaired) electrons. The predicted molar refractivity (Wildman–Crippen MR) is 81.3 cm³/mol. The minimum atomic E-state index is 0.121. The van der Waals surface area contributed by atoms with Crippen molar-refractivity contribution in [2.45, 2.75) is 32.2 Å². The van der Waals surface area contributed by atoms with Crippen LogP contribution >= 0.6 is 11.8 Å². The summed E-state index contributed by atoms with van der Waals surface area (Å²) in [7, 11) is 2.07. The summed E-state index contributed by atoms with van der Waals surface area (Å²) in [5.74, 6) is 1.35. The van der Waals surface area contributed by atoms with Crippen LogP contribution in [0.15, 0.2) is 18.3 Å². The van der Waals surface area contributed by atoms with Crippen molar-refractivity contribution in [3.63, 3.8) is 0 Å². The zero-order valence-corrected chi connectivity index (χ0v) is 12.9. The van der Waals surface area contributed by atoms with Crippen molar-refractivity contribution in [1.82, 2.24) is 9.47 Å². The fraction of sp³-hybridized carbons (Fsp3) is 0.667. The normalized spacial score (nSPS) is 21.4. The van der Waals surface area contributed by atoms with Gasteiger partial charge in [-0.15, -0.1) is 0 Å². The molecule has 1 aromatic heterocycles. The SMILES string of the molecule is CSCC(C)C(=O)N1CCCCC1c1cccn1C. The number of amides is 1. The highest BCUT2D eigenvalue weighted by atomic mass is 32.2. The van der Waals surface area contributed by atoms with Crippen LogP contribution in [0.4, 0.5) is 0 Å². The van der Waals surface area contributed by atoms with Crippen molar-refractivity contribution in [1.29, 1.82) is 0 Å². The molecule has 0 N–H and O–H groups in total. The first-order valence-corrected chi connectivity index (χ1v) is 8.45. The summed E-state index contributed by atoms with van der Waals surface area (Å²) in [4.78, 5) is 14.7. The molecule has 4 heteroatoms. The quantitative estimate of drug-likeness (QED) is 0.847. The molecule has 3 nitrogen and oxygen atoms in total. The van der Waals surface area contributed by atoms with Crippen molar-refractivity contribution in [2.75, 3.05) is 18.6 Å². The van der Waals surface area contributed by atoms with Gasteiger partial charge in [0.05, 0.1) is 6.04 Å². The maximum absolute atomic E-state index is 12.6. The molecule has 2 heterocycles. The van der Waals surface area contributed by atoms with Gasteiger partial charge in [-0.2, -0.15) is 11.8 Å². The molecule has 2 rings (SSSR count). The van der Waals surface area contributed by atoms with E-state index in [0.29, 0.717) is 5.91 Å². The van der Waals surface area contributed by atoms with E-state index in [2.05, 4.69) is 48.0 Å². The number of carbonyl (C=O) groups is 1. The highest BCUT2D eigenvalue weighted by Gasteiger charge is 2.31. The molecule has 1 aliphatic rings. The lowest BCUT2D eigenvalue weighted by Crippen LogP contribution is -2.42. The van der Waals surface area contributed by atoms with Crippen LogP contribution < -0.4 is 0 Å². The Morgan fingerprint density at radius 1 is 1.53 bits per heavy atom. The van der Waals surface area contributed by atoms with Gasteiger partial charge in [0.25, 0.3) is 0 Å². The van der Waals surface area contributed by atoms with Crippen LogP contribution in [0.5, 0.6) is 0 Å². The molecular weight excluding hydrogens is 256 g/mol. The molecule has 0 bridgehead atoms. The summed E-state index contributed by atoms with van der Waals surface area (Å²) in [6, 6.07) is 4.48. The molecule has 1 saturated heterocycles. The smallest absolute Gasteiger partial charge is 0.226 e. The van der Waals surface area contributed by atoms with Crippen molar-refractivity contribution >= 4 is 17.7 Å². The Balaban J connectivity index is 2.17. The van der Waals surface area contributed by atoms with Crippen LogP contribution in [0.3, 0.4) is 0 Å². The molecule has 106 valence electrons. The number of piperidine rings is 1. The Labute approximate surface area is 120 Å². The molecule has 0 spiro atoms. The molecule has 2 atom stereocenters. The molecule has 1 amide bonds. The first kappa shape index (κ1) is 14.5. The first-order chi connectivity index (χ1) is 9.15. The fourth-order valence-electron chi connectivity index (χ4n) is 2.93. The van der Waals surface area contributed by atoms with Gasteiger partial charge in [-0.1, -0.05) is 6.92 Å². The second kappa shape index (κ2) is 6.51. The summed E-state index contributed by atoms with van der Waals surface area (Å²) in [5, 5.41) is 0. The third-order valence-corrected chi connectivity index (χ3v) is 4.78. The van der Waals surface area contributed by atoms with Gasteiger partial charge in [0.15, 0.2) is 0 Å². The summed E-state index contributed by atoms with van der Waals surface area (Å²) >= 11 is 1.75. The van der Waals surface area contributed by atoms with Crippen LogP contribution in [-0.2, 0) is 11.8 Å². The molecule has 0 aliphatic carbocycles. The molecule has 0 aromatic carbocycles. The van der Waals surface area contributed by atoms with Crippen molar-refractivity contribution in [3.8, 4) is 0 Å². The Kier molecular flexibility index (Phi) is 4.97. The zero-order chi connectivity index (χ0) is 13.8. The van der Waals surface area contributed by atoms with E-state index >= 15 is 0 Å². The van der Waals surface area contributed by atoms with Gasteiger partial charge in [-0.25, -0.2) is 0 Å². The van der Waals surface area contributed by atoms with Gasteiger partial charge < -0.3 is 9.47 Å². The van der Waals surface area contributed by atoms with Crippen molar-refractivity contribution in [3.05, 3.63) is 24.0 Å². The molecular formula is C15H24N2OS. The third kappa shape index (κ3) is 3.16. The summed E-state index contributed by atoms with van der Waals surface area (Å²) in [6.07, 6.45) is 7.58. The van der Waals surface area contributed by atoms with Crippen molar-refractivity contribution in [2.24, 2.45) is 13.0 Å². The van der Waals surface area contributed by atoms with Crippen LogP contribution in [0.1, 0.15) is 37.9 Å². The number of hydrogen-bond donors (Lipinski definition) is 0. The van der Waals surface area contributed by atoms with Gasteiger partial charge in [-0.3, -0.25) is 4.79 Å². The van der Waals surface area contributed by atoms with Crippen LogP contribution in [-0.4, -0.2) is 33.9 Å². The van der Waals surface area contributed by atoms with E-state index < -0.39 is 0 Å². The topological polar surface area (TPSA) is 25.2 Å². The molecule has 1 aliphatic heterocycles. The number of likely N-dealkylation sites (tertiary alicyclic amines) is 1. The van der Waals surface area contributed by atoms with Crippen LogP contribution in [0.2, 0.25) is 0 Å². The maximum Gasteiger partial charge on any atom is 0.226 e. The second-order valence-corrected chi connectivity index (χ2v) is 6.35. The van der Waals surface area contributed by atoms with Crippen LogP contribution in [0.25, 0.3) is 0 Å². The second-order valence-electron chi connectivity index (χ2n) is 5.44. The molecule has 1 aromatic rings. The fourth-order valence-corrected chi connectivity index (χ4v) is 3.57. The lowest BCUT2D eigenvalue weighted by atomic mass is 9.97. The lowest BCUT2D eigenvalue weighted by molar-refractivity contribution is -0.138. The number of thioether (sulfide) groups is 1. The monoisotopic (exact) mass is 280 g/mol. The number of rotatable bonds is 4. The average molecular weight is 280 g/mol. The standard InChI is InChI=1S/C15H24N2OS/c1-12(11-19-3)15(18)17-10-5-4-7-14(17)13-8-6-9-16(13)2/h6,8-9,12,14H,4-5,7,10-11H2,1-3H3. The molecule has 19 heavy (non-hydrogen) atoms. The largest absolute Gasteiger partial charge is 0.353 e. The lowest BCUT2D eigenvalue weighted by Gasteiger charge is -2.37. The summed E-state index contributed by atoms with van der Waals surface area (Å²) < 4.78 is 2.15.